The van der Waals surface area contributed by atoms with Crippen molar-refractivity contribution in [2.45, 2.75) is 32.6 Å². The molecule has 1 unspecified atom stereocenters. The smallest absolute Gasteiger partial charge is 0.151 e. The van der Waals surface area contributed by atoms with Crippen molar-refractivity contribution in [3.8, 4) is 0 Å². The van der Waals surface area contributed by atoms with Crippen LogP contribution < -0.4 is 0 Å². The SMILES string of the molecule is CCC1CCc2nc3c(Br)cccn3c2C1. The summed E-state index contributed by atoms with van der Waals surface area (Å²) >= 11 is 3.57. The Labute approximate surface area is 104 Å². The Hall–Kier alpha value is -0.830. The van der Waals surface area contributed by atoms with E-state index in [9.17, 15) is 0 Å². The van der Waals surface area contributed by atoms with Gasteiger partial charge in [-0.05, 0) is 53.2 Å². The number of aryl methyl sites for hydroxylation is 1. The van der Waals surface area contributed by atoms with Gasteiger partial charge in [0.05, 0.1) is 10.2 Å². The Kier molecular flexibility index (Phi) is 2.51. The van der Waals surface area contributed by atoms with Crippen molar-refractivity contribution >= 4 is 21.6 Å². The topological polar surface area (TPSA) is 17.3 Å². The van der Waals surface area contributed by atoms with Crippen LogP contribution in [0.25, 0.3) is 5.65 Å². The summed E-state index contributed by atoms with van der Waals surface area (Å²) in [6, 6.07) is 4.14. The Balaban J connectivity index is 2.18. The van der Waals surface area contributed by atoms with E-state index in [2.05, 4.69) is 45.6 Å². The summed E-state index contributed by atoms with van der Waals surface area (Å²) in [5.41, 5.74) is 3.80. The highest BCUT2D eigenvalue weighted by Gasteiger charge is 2.22. The number of halogens is 1. The summed E-state index contributed by atoms with van der Waals surface area (Å²) in [6.07, 6.45) is 7.03. The summed E-state index contributed by atoms with van der Waals surface area (Å²) < 4.78 is 3.35. The highest BCUT2D eigenvalue weighted by molar-refractivity contribution is 9.10. The normalized spacial score (nSPS) is 20.0. The van der Waals surface area contributed by atoms with E-state index in [1.807, 2.05) is 0 Å². The van der Waals surface area contributed by atoms with E-state index in [0.717, 1.165) is 22.5 Å². The van der Waals surface area contributed by atoms with Gasteiger partial charge >= 0.3 is 0 Å². The minimum absolute atomic E-state index is 0.839. The molecule has 1 aliphatic carbocycles. The van der Waals surface area contributed by atoms with Crippen molar-refractivity contribution in [3.05, 3.63) is 34.2 Å². The van der Waals surface area contributed by atoms with Crippen LogP contribution in [-0.4, -0.2) is 9.38 Å². The number of rotatable bonds is 1. The number of nitrogens with zero attached hydrogens (tertiary/aromatic N) is 2. The third-order valence-electron chi connectivity index (χ3n) is 3.63. The Bertz CT molecular complexity index is 530. The zero-order chi connectivity index (χ0) is 11.1. The fourth-order valence-electron chi connectivity index (χ4n) is 2.61. The van der Waals surface area contributed by atoms with E-state index < -0.39 is 0 Å². The lowest BCUT2D eigenvalue weighted by Gasteiger charge is -2.20. The van der Waals surface area contributed by atoms with Crippen LogP contribution >= 0.6 is 15.9 Å². The van der Waals surface area contributed by atoms with Crippen LogP contribution in [0.5, 0.6) is 0 Å². The first kappa shape index (κ1) is 10.3. The monoisotopic (exact) mass is 278 g/mol. The number of fused-ring (bicyclic) bond motifs is 3. The molecule has 2 heterocycles. The van der Waals surface area contributed by atoms with Gasteiger partial charge in [0.15, 0.2) is 5.65 Å². The molecule has 84 valence electrons. The maximum Gasteiger partial charge on any atom is 0.151 e. The fourth-order valence-corrected chi connectivity index (χ4v) is 3.04. The number of aromatic nitrogens is 2. The summed E-state index contributed by atoms with van der Waals surface area (Å²) in [7, 11) is 0. The van der Waals surface area contributed by atoms with Gasteiger partial charge in [-0.3, -0.25) is 0 Å². The molecule has 0 radical (unpaired) electrons. The first-order chi connectivity index (χ1) is 7.79. The lowest BCUT2D eigenvalue weighted by atomic mass is 9.88. The number of imidazole rings is 1. The van der Waals surface area contributed by atoms with Gasteiger partial charge in [0.25, 0.3) is 0 Å². The van der Waals surface area contributed by atoms with Crippen molar-refractivity contribution in [3.63, 3.8) is 0 Å². The maximum absolute atomic E-state index is 4.74. The molecule has 16 heavy (non-hydrogen) atoms. The van der Waals surface area contributed by atoms with Gasteiger partial charge in [-0.2, -0.15) is 0 Å². The van der Waals surface area contributed by atoms with Gasteiger partial charge in [-0.1, -0.05) is 13.3 Å². The molecule has 2 aromatic rings. The zero-order valence-corrected chi connectivity index (χ0v) is 11.0. The Morgan fingerprint density at radius 3 is 3.25 bits per heavy atom. The molecule has 0 spiro atoms. The van der Waals surface area contributed by atoms with E-state index in [-0.39, 0.29) is 0 Å². The molecule has 2 nitrogen and oxygen atoms in total. The summed E-state index contributed by atoms with van der Waals surface area (Å²) in [5, 5.41) is 0. The molecule has 1 atom stereocenters. The van der Waals surface area contributed by atoms with E-state index in [1.165, 1.54) is 30.7 Å². The third-order valence-corrected chi connectivity index (χ3v) is 4.25. The van der Waals surface area contributed by atoms with Crippen molar-refractivity contribution in [1.29, 1.82) is 0 Å². The number of hydrogen-bond acceptors (Lipinski definition) is 1. The summed E-state index contributed by atoms with van der Waals surface area (Å²) in [5.74, 6) is 0.839. The second kappa shape index (κ2) is 3.88. The second-order valence-corrected chi connectivity index (χ2v) is 5.43. The molecular formula is C13H15BrN2. The lowest BCUT2D eigenvalue weighted by Crippen LogP contribution is -2.14. The average molecular weight is 279 g/mol. The van der Waals surface area contributed by atoms with Gasteiger partial charge in [-0.25, -0.2) is 4.98 Å². The van der Waals surface area contributed by atoms with Crippen LogP contribution in [0.4, 0.5) is 0 Å². The molecule has 3 heteroatoms. The minimum Gasteiger partial charge on any atom is -0.303 e. The lowest BCUT2D eigenvalue weighted by molar-refractivity contribution is 0.435. The van der Waals surface area contributed by atoms with Crippen LogP contribution in [0.2, 0.25) is 0 Å². The van der Waals surface area contributed by atoms with E-state index in [0.29, 0.717) is 0 Å². The average Bonchev–Trinajstić information content (AvgIpc) is 2.68. The first-order valence-electron chi connectivity index (χ1n) is 5.94. The van der Waals surface area contributed by atoms with Crippen LogP contribution in [0.15, 0.2) is 22.8 Å². The second-order valence-electron chi connectivity index (χ2n) is 4.57. The zero-order valence-electron chi connectivity index (χ0n) is 9.41. The largest absolute Gasteiger partial charge is 0.303 e. The van der Waals surface area contributed by atoms with Crippen molar-refractivity contribution in [2.24, 2.45) is 5.92 Å². The fraction of sp³-hybridized carbons (Fsp3) is 0.462. The van der Waals surface area contributed by atoms with Gasteiger partial charge in [-0.15, -0.1) is 0 Å². The third kappa shape index (κ3) is 1.49. The minimum atomic E-state index is 0.839. The molecule has 0 fully saturated rings. The van der Waals surface area contributed by atoms with Gasteiger partial charge in [0, 0.05) is 11.9 Å². The molecule has 0 aliphatic heterocycles. The molecule has 0 bridgehead atoms. The Morgan fingerprint density at radius 2 is 2.44 bits per heavy atom. The highest BCUT2D eigenvalue weighted by atomic mass is 79.9. The van der Waals surface area contributed by atoms with Gasteiger partial charge in [0.2, 0.25) is 0 Å². The quantitative estimate of drug-likeness (QED) is 0.779. The molecule has 0 N–H and O–H groups in total. The van der Waals surface area contributed by atoms with Crippen LogP contribution in [0, 0.1) is 5.92 Å². The van der Waals surface area contributed by atoms with E-state index >= 15 is 0 Å². The molecule has 2 aromatic heterocycles. The maximum atomic E-state index is 4.74. The van der Waals surface area contributed by atoms with Crippen molar-refractivity contribution in [2.75, 3.05) is 0 Å². The predicted molar refractivity (Wildman–Crippen MR) is 68.7 cm³/mol. The predicted octanol–water partition coefficient (Wildman–Crippen LogP) is 3.61. The molecule has 0 saturated carbocycles. The van der Waals surface area contributed by atoms with Crippen LogP contribution in [0.1, 0.15) is 31.2 Å². The molecule has 3 rings (SSSR count). The van der Waals surface area contributed by atoms with Gasteiger partial charge in [0.1, 0.15) is 0 Å². The van der Waals surface area contributed by atoms with Crippen LogP contribution in [0.3, 0.4) is 0 Å². The molecule has 0 amide bonds. The highest BCUT2D eigenvalue weighted by Crippen LogP contribution is 2.29. The molecule has 1 aliphatic rings. The van der Waals surface area contributed by atoms with E-state index in [1.54, 1.807) is 0 Å². The summed E-state index contributed by atoms with van der Waals surface area (Å²) in [6.45, 7) is 2.29. The van der Waals surface area contributed by atoms with Gasteiger partial charge < -0.3 is 4.40 Å². The standard InChI is InChI=1S/C13H15BrN2/c1-2-9-5-6-11-12(8-9)16-7-3-4-10(14)13(16)15-11/h3-4,7,9H,2,5-6,8H2,1H3. The molecule has 0 aromatic carbocycles. The van der Waals surface area contributed by atoms with E-state index in [4.69, 9.17) is 4.98 Å². The van der Waals surface area contributed by atoms with Crippen molar-refractivity contribution in [1.82, 2.24) is 9.38 Å². The first-order valence-corrected chi connectivity index (χ1v) is 6.73. The van der Waals surface area contributed by atoms with Crippen molar-refractivity contribution < 1.29 is 0 Å². The van der Waals surface area contributed by atoms with Crippen LogP contribution in [-0.2, 0) is 12.8 Å². The summed E-state index contributed by atoms with van der Waals surface area (Å²) in [4.78, 5) is 4.74. The number of pyridine rings is 1. The molecule has 0 saturated heterocycles. The Morgan fingerprint density at radius 1 is 1.56 bits per heavy atom. The molecular weight excluding hydrogens is 264 g/mol. The number of hydrogen-bond donors (Lipinski definition) is 0.